The van der Waals surface area contributed by atoms with Crippen LogP contribution in [-0.4, -0.2) is 47.2 Å². The normalized spacial score (nSPS) is 16.8. The van der Waals surface area contributed by atoms with E-state index in [1.807, 2.05) is 18.2 Å². The van der Waals surface area contributed by atoms with Crippen LogP contribution in [0.1, 0.15) is 43.2 Å². The van der Waals surface area contributed by atoms with Crippen molar-refractivity contribution in [2.75, 3.05) is 12.9 Å². The number of aliphatic hydroxyl groups is 1. The number of nitrogens with one attached hydrogen (secondary N) is 1. The SMILES string of the molecule is CC(CCc1nc2ccc(C#CC#CC3(CO)CCC3)cc2s1)(C(=O)NO)S(C)(=O)=O. The largest absolute Gasteiger partial charge is 0.395 e. The highest BCUT2D eigenvalue weighted by molar-refractivity contribution is 7.92. The highest BCUT2D eigenvalue weighted by atomic mass is 32.2. The summed E-state index contributed by atoms with van der Waals surface area (Å²) in [7, 11) is -3.75. The highest BCUT2D eigenvalue weighted by Gasteiger charge is 2.43. The Hall–Kier alpha value is -2.43. The number of sulfone groups is 1. The first-order valence-electron chi connectivity index (χ1n) is 9.80. The summed E-state index contributed by atoms with van der Waals surface area (Å²) in [5.74, 6) is 10.8. The van der Waals surface area contributed by atoms with E-state index in [-0.39, 0.29) is 24.9 Å². The average molecular weight is 461 g/mol. The molecule has 9 heteroatoms. The number of nitrogens with zero attached hydrogens (tertiary/aromatic N) is 1. The number of rotatable bonds is 6. The van der Waals surface area contributed by atoms with Crippen molar-refractivity contribution in [1.82, 2.24) is 10.5 Å². The zero-order chi connectivity index (χ0) is 22.7. The van der Waals surface area contributed by atoms with Crippen molar-refractivity contribution in [3.63, 3.8) is 0 Å². The van der Waals surface area contributed by atoms with Gasteiger partial charge >= 0.3 is 0 Å². The summed E-state index contributed by atoms with van der Waals surface area (Å²) in [5.41, 5.74) is 2.72. The molecule has 0 saturated heterocycles. The molecule has 31 heavy (non-hydrogen) atoms. The Kier molecular flexibility index (Phi) is 6.73. The lowest BCUT2D eigenvalue weighted by atomic mass is 9.70. The molecule has 1 fully saturated rings. The molecule has 7 nitrogen and oxygen atoms in total. The molecule has 1 atom stereocenters. The number of hydrogen-bond acceptors (Lipinski definition) is 7. The summed E-state index contributed by atoms with van der Waals surface area (Å²) in [6.07, 6.45) is 4.14. The van der Waals surface area contributed by atoms with Crippen LogP contribution < -0.4 is 5.48 Å². The van der Waals surface area contributed by atoms with Crippen LogP contribution in [0.4, 0.5) is 0 Å². The molecule has 0 aliphatic heterocycles. The first kappa shape index (κ1) is 23.2. The molecule has 1 amide bonds. The maximum atomic E-state index is 12.1. The number of fused-ring (bicyclic) bond motifs is 1. The van der Waals surface area contributed by atoms with Crippen molar-refractivity contribution in [2.45, 2.75) is 43.8 Å². The molecule has 0 radical (unpaired) electrons. The summed E-state index contributed by atoms with van der Waals surface area (Å²) in [5, 5.41) is 19.1. The zero-order valence-electron chi connectivity index (χ0n) is 17.4. The minimum absolute atomic E-state index is 0.00704. The van der Waals surface area contributed by atoms with E-state index >= 15 is 0 Å². The van der Waals surface area contributed by atoms with Crippen molar-refractivity contribution >= 4 is 37.3 Å². The first-order valence-corrected chi connectivity index (χ1v) is 12.5. The van der Waals surface area contributed by atoms with Crippen LogP contribution in [0.5, 0.6) is 0 Å². The number of aromatic nitrogens is 1. The topological polar surface area (TPSA) is 117 Å². The molecule has 1 heterocycles. The number of aliphatic hydroxyl groups excluding tert-OH is 1. The Balaban J connectivity index is 1.75. The van der Waals surface area contributed by atoms with Gasteiger partial charge in [0.15, 0.2) is 9.84 Å². The maximum absolute atomic E-state index is 12.1. The highest BCUT2D eigenvalue weighted by Crippen LogP contribution is 2.39. The molecule has 164 valence electrons. The second-order valence-corrected chi connectivity index (χ2v) is 11.6. The van der Waals surface area contributed by atoms with Gasteiger partial charge in [0, 0.05) is 18.2 Å². The molecule has 1 unspecified atom stereocenters. The van der Waals surface area contributed by atoms with Crippen molar-refractivity contribution in [2.24, 2.45) is 5.41 Å². The quantitative estimate of drug-likeness (QED) is 0.345. The third-order valence-corrected chi connectivity index (χ3v) is 8.96. The summed E-state index contributed by atoms with van der Waals surface area (Å²) in [6, 6.07) is 5.57. The van der Waals surface area contributed by atoms with Gasteiger partial charge < -0.3 is 5.11 Å². The molecular formula is C22H24N2O5S2. The minimum atomic E-state index is -3.75. The molecule has 3 rings (SSSR count). The number of aryl methyl sites for hydroxylation is 1. The monoisotopic (exact) mass is 460 g/mol. The van der Waals surface area contributed by atoms with Gasteiger partial charge in [-0.3, -0.25) is 10.0 Å². The number of thiazole rings is 1. The van der Waals surface area contributed by atoms with Crippen molar-refractivity contribution < 1.29 is 23.5 Å². The fraction of sp³-hybridized carbons (Fsp3) is 0.455. The second kappa shape index (κ2) is 8.97. The Morgan fingerprint density at radius 1 is 1.35 bits per heavy atom. The van der Waals surface area contributed by atoms with Crippen LogP contribution in [-0.2, 0) is 21.1 Å². The van der Waals surface area contributed by atoms with Crippen LogP contribution in [0.25, 0.3) is 10.2 Å². The molecule has 1 aliphatic carbocycles. The van der Waals surface area contributed by atoms with Crippen LogP contribution in [0.15, 0.2) is 18.2 Å². The maximum Gasteiger partial charge on any atom is 0.264 e. The van der Waals surface area contributed by atoms with Gasteiger partial charge in [0.1, 0.15) is 4.75 Å². The van der Waals surface area contributed by atoms with E-state index in [1.54, 1.807) is 0 Å². The van der Waals surface area contributed by atoms with Crippen LogP contribution in [0, 0.1) is 29.1 Å². The van der Waals surface area contributed by atoms with Crippen LogP contribution in [0.2, 0.25) is 0 Å². The number of benzene rings is 1. The molecule has 0 bridgehead atoms. The Morgan fingerprint density at radius 2 is 2.10 bits per heavy atom. The lowest BCUT2D eigenvalue weighted by Gasteiger charge is -2.34. The number of hydroxylamine groups is 1. The Bertz CT molecular complexity index is 1220. The van der Waals surface area contributed by atoms with Crippen LogP contribution in [0.3, 0.4) is 0 Å². The Morgan fingerprint density at radius 3 is 2.68 bits per heavy atom. The van der Waals surface area contributed by atoms with E-state index < -0.39 is 20.5 Å². The van der Waals surface area contributed by atoms with Gasteiger partial charge in [-0.25, -0.2) is 18.9 Å². The van der Waals surface area contributed by atoms with Crippen molar-refractivity contribution in [3.8, 4) is 23.7 Å². The van der Waals surface area contributed by atoms with Gasteiger partial charge in [0.05, 0.1) is 27.2 Å². The lowest BCUT2D eigenvalue weighted by Crippen LogP contribution is -2.49. The first-order chi connectivity index (χ1) is 14.6. The van der Waals surface area contributed by atoms with Gasteiger partial charge in [-0.15, -0.1) is 11.3 Å². The van der Waals surface area contributed by atoms with Gasteiger partial charge in [0.25, 0.3) is 5.91 Å². The molecule has 3 N–H and O–H groups in total. The fourth-order valence-corrected chi connectivity index (χ4v) is 5.14. The standard InChI is InChI=1S/C22H24N2O5S2/c1-21(20(26)24-27,31(2,28)29)13-9-19-23-17-8-7-16(14-18(17)30-19)6-3-4-10-22(15-25)11-5-12-22/h7-8,14,25,27H,5,9,11-13,15H2,1-2H3,(H,24,26). The van der Waals surface area contributed by atoms with Gasteiger partial charge in [-0.2, -0.15) is 0 Å². The molecule has 2 aromatic rings. The second-order valence-electron chi connectivity index (χ2n) is 8.03. The van der Waals surface area contributed by atoms with E-state index in [9.17, 15) is 18.3 Å². The van der Waals surface area contributed by atoms with Gasteiger partial charge in [-0.1, -0.05) is 18.3 Å². The summed E-state index contributed by atoms with van der Waals surface area (Å²) < 4.78 is 23.3. The lowest BCUT2D eigenvalue weighted by molar-refractivity contribution is -0.131. The van der Waals surface area contributed by atoms with E-state index in [0.29, 0.717) is 5.01 Å². The molecular weight excluding hydrogens is 436 g/mol. The van der Waals surface area contributed by atoms with Crippen LogP contribution >= 0.6 is 11.3 Å². The summed E-state index contributed by atoms with van der Waals surface area (Å²) in [6.45, 7) is 1.36. The summed E-state index contributed by atoms with van der Waals surface area (Å²) in [4.78, 5) is 16.5. The smallest absolute Gasteiger partial charge is 0.264 e. The molecule has 0 spiro atoms. The number of carbonyl (C=O) groups excluding carboxylic acids is 1. The number of hydrogen-bond donors (Lipinski definition) is 3. The average Bonchev–Trinajstić information content (AvgIpc) is 3.11. The zero-order valence-corrected chi connectivity index (χ0v) is 19.0. The predicted molar refractivity (Wildman–Crippen MR) is 119 cm³/mol. The summed E-state index contributed by atoms with van der Waals surface area (Å²) >= 11 is 1.40. The van der Waals surface area contributed by atoms with E-state index in [4.69, 9.17) is 5.21 Å². The molecule has 1 aliphatic rings. The fourth-order valence-electron chi connectivity index (χ4n) is 3.28. The van der Waals surface area contributed by atoms with E-state index in [1.165, 1.54) is 23.7 Å². The van der Waals surface area contributed by atoms with Gasteiger partial charge in [0.2, 0.25) is 0 Å². The molecule has 1 aromatic carbocycles. The predicted octanol–water partition coefficient (Wildman–Crippen LogP) is 2.06. The molecule has 1 saturated carbocycles. The van der Waals surface area contributed by atoms with E-state index in [0.717, 1.165) is 41.3 Å². The third-order valence-electron chi connectivity index (χ3n) is 5.86. The molecule has 1 aromatic heterocycles. The minimum Gasteiger partial charge on any atom is -0.395 e. The number of carbonyl (C=O) groups is 1. The van der Waals surface area contributed by atoms with Gasteiger partial charge in [-0.05, 0) is 56.2 Å². The van der Waals surface area contributed by atoms with Crippen molar-refractivity contribution in [1.29, 1.82) is 0 Å². The van der Waals surface area contributed by atoms with Crippen molar-refractivity contribution in [3.05, 3.63) is 28.8 Å². The number of amides is 1. The third kappa shape index (κ3) is 4.91. The Labute approximate surface area is 185 Å². The van der Waals surface area contributed by atoms with E-state index in [2.05, 4.69) is 28.7 Å².